The smallest absolute Gasteiger partial charge is 0.331 e. The molecule has 6 heteroatoms. The lowest BCUT2D eigenvalue weighted by Gasteiger charge is -2.12. The van der Waals surface area contributed by atoms with Gasteiger partial charge in [0.05, 0.1) is 49.4 Å². The van der Waals surface area contributed by atoms with Crippen molar-refractivity contribution in [3.8, 4) is 0 Å². The molecule has 2 aromatic rings. The predicted octanol–water partition coefficient (Wildman–Crippen LogP) is -0.0392. The summed E-state index contributed by atoms with van der Waals surface area (Å²) in [6, 6.07) is 7.20. The van der Waals surface area contributed by atoms with Crippen molar-refractivity contribution >= 4 is 10.9 Å². The number of rotatable bonds is 4. The topological polar surface area (TPSA) is 69.1 Å². The molecule has 1 aromatic carbocycles. The Bertz CT molecular complexity index is 784. The number of nitrogens with zero attached hydrogens (tertiary/aromatic N) is 2. The van der Waals surface area contributed by atoms with Gasteiger partial charge in [-0.1, -0.05) is 12.1 Å². The molecule has 2 atom stereocenters. The minimum Gasteiger partial charge on any atom is -0.371 e. The van der Waals surface area contributed by atoms with E-state index in [1.807, 2.05) is 12.1 Å². The molecule has 20 heavy (non-hydrogen) atoms. The van der Waals surface area contributed by atoms with Gasteiger partial charge in [0.15, 0.2) is 0 Å². The number of ether oxygens (including phenoxy) is 2. The Balaban J connectivity index is 1.96. The van der Waals surface area contributed by atoms with Crippen LogP contribution in [0, 0.1) is 0 Å². The third kappa shape index (κ3) is 1.97. The van der Waals surface area contributed by atoms with Gasteiger partial charge in [-0.05, 0) is 12.1 Å². The molecule has 104 valence electrons. The zero-order chi connectivity index (χ0) is 13.7. The van der Waals surface area contributed by atoms with E-state index in [-0.39, 0.29) is 23.5 Å². The van der Waals surface area contributed by atoms with Crippen molar-refractivity contribution in [3.63, 3.8) is 0 Å². The van der Waals surface area contributed by atoms with E-state index in [9.17, 15) is 9.59 Å². The molecule has 1 aromatic heterocycles. The van der Waals surface area contributed by atoms with Crippen LogP contribution in [-0.2, 0) is 22.6 Å². The molecule has 2 aliphatic rings. The molecule has 2 fully saturated rings. The normalized spacial score (nSPS) is 24.0. The van der Waals surface area contributed by atoms with E-state index in [0.29, 0.717) is 37.2 Å². The second-order valence-electron chi connectivity index (χ2n) is 5.24. The molecule has 0 bridgehead atoms. The quantitative estimate of drug-likeness (QED) is 0.734. The largest absolute Gasteiger partial charge is 0.371 e. The lowest BCUT2D eigenvalue weighted by Crippen LogP contribution is -2.41. The zero-order valence-electron chi connectivity index (χ0n) is 10.8. The van der Waals surface area contributed by atoms with Crippen LogP contribution in [0.5, 0.6) is 0 Å². The number of hydrogen-bond donors (Lipinski definition) is 0. The highest BCUT2D eigenvalue weighted by atomic mass is 16.6. The van der Waals surface area contributed by atoms with Crippen molar-refractivity contribution in [1.82, 2.24) is 9.13 Å². The van der Waals surface area contributed by atoms with Crippen molar-refractivity contribution < 1.29 is 9.47 Å². The highest BCUT2D eigenvalue weighted by Crippen LogP contribution is 2.15. The van der Waals surface area contributed by atoms with E-state index in [1.54, 1.807) is 16.7 Å². The number of epoxide rings is 2. The number of para-hydroxylation sites is 1. The van der Waals surface area contributed by atoms with Crippen molar-refractivity contribution in [2.45, 2.75) is 25.3 Å². The molecule has 0 spiro atoms. The lowest BCUT2D eigenvalue weighted by atomic mass is 10.2. The van der Waals surface area contributed by atoms with E-state index in [4.69, 9.17) is 9.47 Å². The van der Waals surface area contributed by atoms with Gasteiger partial charge in [0, 0.05) is 0 Å². The van der Waals surface area contributed by atoms with Gasteiger partial charge in [-0.15, -0.1) is 0 Å². The van der Waals surface area contributed by atoms with Gasteiger partial charge in [0.2, 0.25) is 0 Å². The minimum absolute atomic E-state index is 0.00723. The lowest BCUT2D eigenvalue weighted by molar-refractivity contribution is 0.363. The molecule has 2 saturated heterocycles. The van der Waals surface area contributed by atoms with Gasteiger partial charge in [-0.2, -0.15) is 0 Å². The number of hydrogen-bond acceptors (Lipinski definition) is 4. The SMILES string of the molecule is O=c1c2ccccc2n(CC2CO2)c(=O)n1CC1CO1. The van der Waals surface area contributed by atoms with Crippen LogP contribution in [0.2, 0.25) is 0 Å². The second-order valence-corrected chi connectivity index (χ2v) is 5.24. The molecule has 6 nitrogen and oxygen atoms in total. The molecule has 0 radical (unpaired) electrons. The maximum atomic E-state index is 12.5. The summed E-state index contributed by atoms with van der Waals surface area (Å²) in [4.78, 5) is 25.0. The van der Waals surface area contributed by atoms with Crippen LogP contribution in [-0.4, -0.2) is 34.6 Å². The highest BCUT2D eigenvalue weighted by Gasteiger charge is 2.28. The monoisotopic (exact) mass is 274 g/mol. The summed E-state index contributed by atoms with van der Waals surface area (Å²) in [7, 11) is 0. The first kappa shape index (κ1) is 11.9. The Morgan fingerprint density at radius 3 is 2.25 bits per heavy atom. The van der Waals surface area contributed by atoms with Crippen molar-refractivity contribution in [1.29, 1.82) is 0 Å². The molecule has 0 saturated carbocycles. The van der Waals surface area contributed by atoms with Crippen LogP contribution in [0.25, 0.3) is 10.9 Å². The molecule has 2 unspecified atom stereocenters. The van der Waals surface area contributed by atoms with Crippen LogP contribution in [0.4, 0.5) is 0 Å². The van der Waals surface area contributed by atoms with Gasteiger partial charge in [0.25, 0.3) is 5.56 Å². The van der Waals surface area contributed by atoms with Crippen LogP contribution < -0.4 is 11.2 Å². The van der Waals surface area contributed by atoms with Gasteiger partial charge < -0.3 is 9.47 Å². The average molecular weight is 274 g/mol. The van der Waals surface area contributed by atoms with Crippen LogP contribution in [0.15, 0.2) is 33.9 Å². The molecule has 0 amide bonds. The number of fused-ring (bicyclic) bond motifs is 1. The highest BCUT2D eigenvalue weighted by molar-refractivity contribution is 5.77. The third-order valence-corrected chi connectivity index (χ3v) is 3.71. The van der Waals surface area contributed by atoms with E-state index in [0.717, 1.165) is 0 Å². The molecule has 2 aliphatic heterocycles. The van der Waals surface area contributed by atoms with Crippen molar-refractivity contribution in [3.05, 3.63) is 45.1 Å². The predicted molar refractivity (Wildman–Crippen MR) is 71.9 cm³/mol. The number of aromatic nitrogens is 2. The summed E-state index contributed by atoms with van der Waals surface area (Å²) in [5, 5.41) is 0.563. The fourth-order valence-electron chi connectivity index (χ4n) is 2.46. The Labute approximate surface area is 114 Å². The molecule has 3 heterocycles. The maximum Gasteiger partial charge on any atom is 0.331 e. The Morgan fingerprint density at radius 2 is 1.60 bits per heavy atom. The van der Waals surface area contributed by atoms with Gasteiger partial charge in [0.1, 0.15) is 0 Å². The fraction of sp³-hybridized carbons (Fsp3) is 0.429. The van der Waals surface area contributed by atoms with Gasteiger partial charge in [-0.3, -0.25) is 13.9 Å². The molecular formula is C14H14N2O4. The first-order valence-electron chi connectivity index (χ1n) is 6.69. The Kier molecular flexibility index (Phi) is 2.55. The molecule has 0 N–H and O–H groups in total. The fourth-order valence-corrected chi connectivity index (χ4v) is 2.46. The average Bonchev–Trinajstić information content (AvgIpc) is 3.35. The van der Waals surface area contributed by atoms with E-state index in [1.165, 1.54) is 4.57 Å². The van der Waals surface area contributed by atoms with Crippen LogP contribution in [0.3, 0.4) is 0 Å². The van der Waals surface area contributed by atoms with E-state index < -0.39 is 0 Å². The summed E-state index contributed by atoms with van der Waals surface area (Å²) >= 11 is 0. The number of benzene rings is 1. The third-order valence-electron chi connectivity index (χ3n) is 3.71. The summed E-state index contributed by atoms with van der Waals surface area (Å²) in [5.74, 6) is 0. The summed E-state index contributed by atoms with van der Waals surface area (Å²) in [6.07, 6.45) is 0.0754. The first-order chi connectivity index (χ1) is 9.74. The van der Waals surface area contributed by atoms with Crippen molar-refractivity contribution in [2.24, 2.45) is 0 Å². The van der Waals surface area contributed by atoms with Gasteiger partial charge in [-0.25, -0.2) is 4.79 Å². The minimum atomic E-state index is -0.278. The Hall–Kier alpha value is -1.92. The zero-order valence-corrected chi connectivity index (χ0v) is 10.8. The summed E-state index contributed by atoms with van der Waals surface area (Å²) < 4.78 is 13.3. The van der Waals surface area contributed by atoms with Crippen LogP contribution in [0.1, 0.15) is 0 Å². The standard InChI is InChI=1S/C14H14N2O4/c17-13-11-3-1-2-4-12(11)15(5-9-7-19-9)14(18)16(13)6-10-8-20-10/h1-4,9-10H,5-8H2. The second kappa shape index (κ2) is 4.29. The van der Waals surface area contributed by atoms with E-state index >= 15 is 0 Å². The summed E-state index contributed by atoms with van der Waals surface area (Å²) in [6.45, 7) is 2.11. The molecular weight excluding hydrogens is 260 g/mol. The first-order valence-corrected chi connectivity index (χ1v) is 6.69. The maximum absolute atomic E-state index is 12.5. The Morgan fingerprint density at radius 1 is 1.00 bits per heavy atom. The van der Waals surface area contributed by atoms with E-state index in [2.05, 4.69) is 0 Å². The molecule has 4 rings (SSSR count). The van der Waals surface area contributed by atoms with Gasteiger partial charge >= 0.3 is 5.69 Å². The van der Waals surface area contributed by atoms with Crippen LogP contribution >= 0.6 is 0 Å². The molecule has 0 aliphatic carbocycles. The van der Waals surface area contributed by atoms with Crippen molar-refractivity contribution in [2.75, 3.05) is 13.2 Å². The summed E-state index contributed by atoms with van der Waals surface area (Å²) in [5.41, 5.74) is 0.153.